The molecule has 1 aliphatic carbocycles. The lowest BCUT2D eigenvalue weighted by Gasteiger charge is -2.15. The van der Waals surface area contributed by atoms with E-state index in [9.17, 15) is 13.2 Å². The van der Waals surface area contributed by atoms with Gasteiger partial charge in [-0.1, -0.05) is 6.92 Å². The van der Waals surface area contributed by atoms with Crippen LogP contribution in [-0.2, 0) is 11.6 Å². The van der Waals surface area contributed by atoms with Crippen LogP contribution in [0.15, 0.2) is 23.1 Å². The van der Waals surface area contributed by atoms with Gasteiger partial charge in [-0.25, -0.2) is 0 Å². The monoisotopic (exact) mass is 261 g/mol. The van der Waals surface area contributed by atoms with Gasteiger partial charge >= 0.3 is 6.18 Å². The average molecular weight is 261 g/mol. The molecule has 1 fully saturated rings. The van der Waals surface area contributed by atoms with E-state index in [4.69, 9.17) is 0 Å². The quantitative estimate of drug-likeness (QED) is 0.826. The average Bonchev–Trinajstić information content (AvgIpc) is 2.97. The van der Waals surface area contributed by atoms with Crippen molar-refractivity contribution in [2.45, 2.75) is 36.3 Å². The number of nitrogens with one attached hydrogen (secondary N) is 1. The van der Waals surface area contributed by atoms with E-state index in [1.807, 2.05) is 13.0 Å². The summed E-state index contributed by atoms with van der Waals surface area (Å²) in [6.07, 6.45) is -2.33. The van der Waals surface area contributed by atoms with Gasteiger partial charge in [0, 0.05) is 4.90 Å². The molecule has 0 spiro atoms. The van der Waals surface area contributed by atoms with E-state index >= 15 is 0 Å². The Hall–Kier alpha value is -0.680. The fourth-order valence-corrected chi connectivity index (χ4v) is 2.37. The van der Waals surface area contributed by atoms with Gasteiger partial charge in [-0.05, 0) is 61.0 Å². The molecule has 1 saturated carbocycles. The fourth-order valence-electron chi connectivity index (χ4n) is 1.76. The van der Waals surface area contributed by atoms with Crippen LogP contribution in [0.5, 0.6) is 0 Å². The van der Waals surface area contributed by atoms with Crippen molar-refractivity contribution in [1.82, 2.24) is 4.72 Å². The zero-order valence-electron chi connectivity index (χ0n) is 9.69. The molecule has 1 aromatic rings. The largest absolute Gasteiger partial charge is 0.416 e. The molecule has 0 bridgehead atoms. The maximum absolute atomic E-state index is 12.8. The molecule has 1 aromatic carbocycles. The van der Waals surface area contributed by atoms with Crippen molar-refractivity contribution in [3.63, 3.8) is 0 Å². The molecule has 2 rings (SSSR count). The molecule has 0 unspecified atom stereocenters. The molecule has 17 heavy (non-hydrogen) atoms. The van der Waals surface area contributed by atoms with Crippen LogP contribution in [0.2, 0.25) is 0 Å². The second-order valence-electron chi connectivity index (χ2n) is 4.61. The first-order chi connectivity index (χ1) is 7.85. The topological polar surface area (TPSA) is 12.0 Å². The van der Waals surface area contributed by atoms with Crippen molar-refractivity contribution in [1.29, 1.82) is 0 Å². The van der Waals surface area contributed by atoms with Gasteiger partial charge in [0.1, 0.15) is 0 Å². The molecular formula is C12H14F3NS. The van der Waals surface area contributed by atoms with E-state index in [1.54, 1.807) is 7.05 Å². The third kappa shape index (κ3) is 2.77. The summed E-state index contributed by atoms with van der Waals surface area (Å²) in [5.41, 5.74) is 0.190. The van der Waals surface area contributed by atoms with Gasteiger partial charge < -0.3 is 0 Å². The van der Waals surface area contributed by atoms with E-state index in [0.29, 0.717) is 4.90 Å². The first-order valence-electron chi connectivity index (χ1n) is 5.41. The van der Waals surface area contributed by atoms with Gasteiger partial charge in [0.05, 0.1) is 5.56 Å². The molecular weight excluding hydrogens is 247 g/mol. The minimum Gasteiger partial charge on any atom is -0.263 e. The molecule has 0 heterocycles. The number of hydrogen-bond donors (Lipinski definition) is 1. The third-order valence-electron chi connectivity index (χ3n) is 3.15. The SMILES string of the molecule is CNSc1cc(C(F)(F)F)cc(C2(C)CC2)c1. The normalized spacial score (nSPS) is 18.2. The highest BCUT2D eigenvalue weighted by molar-refractivity contribution is 7.97. The Kier molecular flexibility index (Phi) is 3.16. The first kappa shape index (κ1) is 12.8. The van der Waals surface area contributed by atoms with Crippen LogP contribution < -0.4 is 4.72 Å². The molecule has 1 aliphatic rings. The van der Waals surface area contributed by atoms with Crippen LogP contribution in [-0.4, -0.2) is 7.05 Å². The summed E-state index contributed by atoms with van der Waals surface area (Å²) in [5, 5.41) is 0. The first-order valence-corrected chi connectivity index (χ1v) is 6.23. The Labute approximate surface area is 103 Å². The van der Waals surface area contributed by atoms with Crippen LogP contribution in [0.4, 0.5) is 13.2 Å². The van der Waals surface area contributed by atoms with Crippen molar-refractivity contribution < 1.29 is 13.2 Å². The highest BCUT2D eigenvalue weighted by Gasteiger charge is 2.41. The van der Waals surface area contributed by atoms with Crippen molar-refractivity contribution >= 4 is 11.9 Å². The van der Waals surface area contributed by atoms with Crippen molar-refractivity contribution in [3.05, 3.63) is 29.3 Å². The molecule has 1 N–H and O–H groups in total. The Morgan fingerprint density at radius 2 is 1.88 bits per heavy atom. The Bertz CT molecular complexity index is 401. The molecule has 0 aromatic heterocycles. The van der Waals surface area contributed by atoms with Gasteiger partial charge in [-0.15, -0.1) is 0 Å². The second-order valence-corrected chi connectivity index (χ2v) is 5.69. The summed E-state index contributed by atoms with van der Waals surface area (Å²) < 4.78 is 41.1. The Balaban J connectivity index is 2.43. The zero-order chi connectivity index (χ0) is 12.7. The number of hydrogen-bond acceptors (Lipinski definition) is 2. The highest BCUT2D eigenvalue weighted by Crippen LogP contribution is 2.49. The zero-order valence-corrected chi connectivity index (χ0v) is 10.5. The lowest BCUT2D eigenvalue weighted by atomic mass is 9.96. The highest BCUT2D eigenvalue weighted by atomic mass is 32.2. The fraction of sp³-hybridized carbons (Fsp3) is 0.500. The van der Waals surface area contributed by atoms with E-state index in [1.165, 1.54) is 24.1 Å². The molecule has 0 radical (unpaired) electrons. The maximum Gasteiger partial charge on any atom is 0.416 e. The van der Waals surface area contributed by atoms with Gasteiger partial charge in [0.15, 0.2) is 0 Å². The van der Waals surface area contributed by atoms with Crippen molar-refractivity contribution in [2.24, 2.45) is 0 Å². The number of benzene rings is 1. The molecule has 0 aliphatic heterocycles. The summed E-state index contributed by atoms with van der Waals surface area (Å²) in [7, 11) is 1.70. The van der Waals surface area contributed by atoms with Crippen LogP contribution in [0.1, 0.15) is 30.9 Å². The van der Waals surface area contributed by atoms with Crippen LogP contribution in [0.3, 0.4) is 0 Å². The molecule has 0 amide bonds. The van der Waals surface area contributed by atoms with E-state index < -0.39 is 11.7 Å². The molecule has 0 atom stereocenters. The summed E-state index contributed by atoms with van der Waals surface area (Å²) in [4.78, 5) is 0.616. The minimum atomic E-state index is -4.27. The predicted molar refractivity (Wildman–Crippen MR) is 62.9 cm³/mol. The lowest BCUT2D eigenvalue weighted by Crippen LogP contribution is -2.09. The lowest BCUT2D eigenvalue weighted by molar-refractivity contribution is -0.137. The van der Waals surface area contributed by atoms with Crippen molar-refractivity contribution in [2.75, 3.05) is 7.05 Å². The predicted octanol–water partition coefficient (Wildman–Crippen LogP) is 3.98. The Morgan fingerprint density at radius 3 is 2.35 bits per heavy atom. The summed E-state index contributed by atoms with van der Waals surface area (Å²) >= 11 is 1.21. The van der Waals surface area contributed by atoms with Crippen LogP contribution in [0.25, 0.3) is 0 Å². The summed E-state index contributed by atoms with van der Waals surface area (Å²) in [6, 6.07) is 4.33. The summed E-state index contributed by atoms with van der Waals surface area (Å²) in [5.74, 6) is 0. The second kappa shape index (κ2) is 4.21. The van der Waals surface area contributed by atoms with E-state index in [0.717, 1.165) is 18.4 Å². The standard InChI is InChI=1S/C12H14F3NS/c1-11(3-4-11)8-5-9(12(13,14)15)7-10(6-8)17-16-2/h5-7,16H,3-4H2,1-2H3. The minimum absolute atomic E-state index is 0.0513. The molecule has 1 nitrogen and oxygen atoms in total. The van der Waals surface area contributed by atoms with Crippen molar-refractivity contribution in [3.8, 4) is 0 Å². The van der Waals surface area contributed by atoms with Crippen LogP contribution in [0, 0.1) is 0 Å². The van der Waals surface area contributed by atoms with Gasteiger partial charge in [-0.2, -0.15) is 13.2 Å². The van der Waals surface area contributed by atoms with Crippen LogP contribution >= 0.6 is 11.9 Å². The van der Waals surface area contributed by atoms with E-state index in [-0.39, 0.29) is 5.41 Å². The molecule has 5 heteroatoms. The van der Waals surface area contributed by atoms with Gasteiger partial charge in [0.2, 0.25) is 0 Å². The molecule has 94 valence electrons. The van der Waals surface area contributed by atoms with Gasteiger partial charge in [0.25, 0.3) is 0 Å². The smallest absolute Gasteiger partial charge is 0.263 e. The van der Waals surface area contributed by atoms with Gasteiger partial charge in [-0.3, -0.25) is 4.72 Å². The third-order valence-corrected chi connectivity index (χ3v) is 3.83. The maximum atomic E-state index is 12.8. The number of alkyl halides is 3. The number of halogens is 3. The number of rotatable bonds is 3. The Morgan fingerprint density at radius 1 is 1.24 bits per heavy atom. The summed E-state index contributed by atoms with van der Waals surface area (Å²) in [6.45, 7) is 2.01. The van der Waals surface area contributed by atoms with E-state index in [2.05, 4.69) is 4.72 Å². The molecule has 0 saturated heterocycles.